The van der Waals surface area contributed by atoms with E-state index in [-0.39, 0.29) is 11.2 Å². The van der Waals surface area contributed by atoms with Gasteiger partial charge in [-0.2, -0.15) is 0 Å². The van der Waals surface area contributed by atoms with E-state index in [4.69, 9.17) is 21.1 Å². The second-order valence-corrected chi connectivity index (χ2v) is 6.07. The molecule has 0 unspecified atom stereocenters. The molecule has 0 aliphatic heterocycles. The average molecular weight is 321 g/mol. The summed E-state index contributed by atoms with van der Waals surface area (Å²) in [5, 5.41) is 9.90. The Morgan fingerprint density at radius 1 is 1.32 bits per heavy atom. The van der Waals surface area contributed by atoms with Crippen molar-refractivity contribution in [1.29, 1.82) is 0 Å². The van der Waals surface area contributed by atoms with Gasteiger partial charge in [0, 0.05) is 6.07 Å². The van der Waals surface area contributed by atoms with E-state index in [1.54, 1.807) is 0 Å². The van der Waals surface area contributed by atoms with Crippen LogP contribution in [0.5, 0.6) is 0 Å². The Bertz CT molecular complexity index is 820. The molecular formula is C17H17ClO4. The van der Waals surface area contributed by atoms with E-state index in [0.717, 1.165) is 61.3 Å². The lowest BCUT2D eigenvalue weighted by Gasteiger charge is -2.22. The Labute approximate surface area is 132 Å². The number of hydrogen-bond donors (Lipinski definition) is 1. The van der Waals surface area contributed by atoms with Gasteiger partial charge in [-0.1, -0.05) is 24.9 Å². The van der Waals surface area contributed by atoms with Gasteiger partial charge in [0.15, 0.2) is 5.43 Å². The Morgan fingerprint density at radius 3 is 2.64 bits per heavy atom. The lowest BCUT2D eigenvalue weighted by Crippen LogP contribution is -2.14. The number of halogens is 1. The van der Waals surface area contributed by atoms with Gasteiger partial charge in [-0.25, -0.2) is 4.79 Å². The normalized spacial score (nSPS) is 14.1. The zero-order valence-corrected chi connectivity index (χ0v) is 13.1. The molecule has 0 radical (unpaired) electrons. The van der Waals surface area contributed by atoms with Gasteiger partial charge in [-0.3, -0.25) is 4.79 Å². The van der Waals surface area contributed by atoms with Crippen LogP contribution in [0.2, 0.25) is 5.02 Å². The van der Waals surface area contributed by atoms with Crippen molar-refractivity contribution < 1.29 is 14.3 Å². The van der Waals surface area contributed by atoms with Crippen LogP contribution in [-0.4, -0.2) is 11.1 Å². The summed E-state index contributed by atoms with van der Waals surface area (Å²) in [5.74, 6) is -1.57. The fourth-order valence-corrected chi connectivity index (χ4v) is 3.69. The molecule has 0 spiro atoms. The lowest BCUT2D eigenvalue weighted by atomic mass is 9.85. The molecule has 0 atom stereocenters. The molecule has 2 aromatic rings. The summed E-state index contributed by atoms with van der Waals surface area (Å²) in [5.41, 5.74) is 3.12. The number of carbonyl (C=O) groups is 1. The summed E-state index contributed by atoms with van der Waals surface area (Å²) in [6.45, 7) is 2.05. The maximum absolute atomic E-state index is 12.4. The predicted molar refractivity (Wildman–Crippen MR) is 85.1 cm³/mol. The number of carboxylic acids is 1. The second-order valence-electron chi connectivity index (χ2n) is 5.69. The van der Waals surface area contributed by atoms with Gasteiger partial charge in [0.2, 0.25) is 5.76 Å². The van der Waals surface area contributed by atoms with Crippen LogP contribution in [0.4, 0.5) is 0 Å². The highest BCUT2D eigenvalue weighted by atomic mass is 35.5. The molecule has 0 bridgehead atoms. The van der Waals surface area contributed by atoms with Crippen LogP contribution in [0.25, 0.3) is 11.0 Å². The third-order valence-corrected chi connectivity index (χ3v) is 4.67. The van der Waals surface area contributed by atoms with Crippen LogP contribution >= 0.6 is 11.6 Å². The molecule has 5 heteroatoms. The Kier molecular flexibility index (Phi) is 3.96. The van der Waals surface area contributed by atoms with Crippen LogP contribution < -0.4 is 5.43 Å². The molecule has 116 valence electrons. The molecule has 1 aliphatic carbocycles. The van der Waals surface area contributed by atoms with Gasteiger partial charge in [0.25, 0.3) is 0 Å². The molecule has 0 fully saturated rings. The molecule has 3 rings (SSSR count). The van der Waals surface area contributed by atoms with Crippen LogP contribution in [-0.2, 0) is 19.3 Å². The van der Waals surface area contributed by atoms with Crippen molar-refractivity contribution in [3.63, 3.8) is 0 Å². The van der Waals surface area contributed by atoms with Crippen molar-refractivity contribution in [3.8, 4) is 0 Å². The molecule has 1 aromatic heterocycles. The standard InChI is InChI=1S/C17H17ClO4/c1-2-5-11-9-6-3-4-7-10(9)15(18)14-12(19)8-13(17(20)21)22-16(11)14/h8H,2-7H2,1H3,(H,20,21). The Hall–Kier alpha value is -1.81. The van der Waals surface area contributed by atoms with Gasteiger partial charge < -0.3 is 9.52 Å². The van der Waals surface area contributed by atoms with E-state index in [0.29, 0.717) is 16.0 Å². The summed E-state index contributed by atoms with van der Waals surface area (Å²) in [7, 11) is 0. The quantitative estimate of drug-likeness (QED) is 0.929. The van der Waals surface area contributed by atoms with Gasteiger partial charge in [0.1, 0.15) is 5.58 Å². The Morgan fingerprint density at radius 2 is 2.00 bits per heavy atom. The Balaban J connectivity index is 2.46. The van der Waals surface area contributed by atoms with E-state index in [9.17, 15) is 9.59 Å². The molecule has 1 aromatic carbocycles. The summed E-state index contributed by atoms with van der Waals surface area (Å²) >= 11 is 6.46. The monoisotopic (exact) mass is 320 g/mol. The van der Waals surface area contributed by atoms with E-state index in [1.165, 1.54) is 0 Å². The van der Waals surface area contributed by atoms with E-state index in [2.05, 4.69) is 6.92 Å². The predicted octanol–water partition coefficient (Wildman–Crippen LogP) is 3.98. The summed E-state index contributed by atoms with van der Waals surface area (Å²) in [4.78, 5) is 23.5. The number of fused-ring (bicyclic) bond motifs is 2. The fraction of sp³-hybridized carbons (Fsp3) is 0.412. The van der Waals surface area contributed by atoms with Crippen molar-refractivity contribution in [2.24, 2.45) is 0 Å². The fourth-order valence-electron chi connectivity index (χ4n) is 3.30. The molecule has 0 amide bonds. The first-order valence-electron chi connectivity index (χ1n) is 7.57. The highest BCUT2D eigenvalue weighted by Gasteiger charge is 2.24. The molecule has 1 aliphatic rings. The van der Waals surface area contributed by atoms with Gasteiger partial charge in [-0.15, -0.1) is 0 Å². The maximum atomic E-state index is 12.4. The topological polar surface area (TPSA) is 67.5 Å². The highest BCUT2D eigenvalue weighted by molar-refractivity contribution is 6.36. The first-order valence-corrected chi connectivity index (χ1v) is 7.95. The third kappa shape index (κ3) is 2.31. The molecule has 0 saturated heterocycles. The van der Waals surface area contributed by atoms with E-state index < -0.39 is 5.97 Å². The average Bonchev–Trinajstić information content (AvgIpc) is 2.50. The van der Waals surface area contributed by atoms with Crippen LogP contribution in [0, 0.1) is 0 Å². The van der Waals surface area contributed by atoms with Gasteiger partial charge in [0.05, 0.1) is 10.4 Å². The van der Waals surface area contributed by atoms with Crippen molar-refractivity contribution in [2.45, 2.75) is 45.4 Å². The van der Waals surface area contributed by atoms with Crippen molar-refractivity contribution in [2.75, 3.05) is 0 Å². The van der Waals surface area contributed by atoms with Crippen LogP contribution in [0.1, 0.15) is 53.4 Å². The third-order valence-electron chi connectivity index (χ3n) is 4.25. The number of hydrogen-bond acceptors (Lipinski definition) is 3. The zero-order chi connectivity index (χ0) is 15.9. The minimum Gasteiger partial charge on any atom is -0.475 e. The number of carboxylic acid groups (broad SMARTS) is 1. The first-order chi connectivity index (χ1) is 10.5. The summed E-state index contributed by atoms with van der Waals surface area (Å²) < 4.78 is 5.55. The minimum atomic E-state index is -1.24. The first kappa shape index (κ1) is 15.1. The summed E-state index contributed by atoms with van der Waals surface area (Å²) in [6.07, 6.45) is 5.55. The molecule has 0 saturated carbocycles. The maximum Gasteiger partial charge on any atom is 0.371 e. The van der Waals surface area contributed by atoms with Gasteiger partial charge >= 0.3 is 5.97 Å². The van der Waals surface area contributed by atoms with Crippen molar-refractivity contribution in [3.05, 3.63) is 43.8 Å². The highest BCUT2D eigenvalue weighted by Crippen LogP contribution is 2.37. The van der Waals surface area contributed by atoms with Crippen molar-refractivity contribution in [1.82, 2.24) is 0 Å². The molecular weight excluding hydrogens is 304 g/mol. The number of aryl methyl sites for hydroxylation is 1. The van der Waals surface area contributed by atoms with E-state index >= 15 is 0 Å². The van der Waals surface area contributed by atoms with E-state index in [1.807, 2.05) is 0 Å². The number of aromatic carboxylic acids is 1. The lowest BCUT2D eigenvalue weighted by molar-refractivity contribution is 0.0663. The second kappa shape index (κ2) is 5.76. The largest absolute Gasteiger partial charge is 0.475 e. The number of rotatable bonds is 3. The smallest absolute Gasteiger partial charge is 0.371 e. The molecule has 1 heterocycles. The molecule has 1 N–H and O–H groups in total. The van der Waals surface area contributed by atoms with Crippen molar-refractivity contribution >= 4 is 28.5 Å². The number of benzene rings is 1. The molecule has 22 heavy (non-hydrogen) atoms. The van der Waals surface area contributed by atoms with Crippen LogP contribution in [0.15, 0.2) is 15.3 Å². The SMILES string of the molecule is CCCc1c2c(c(Cl)c3c(=O)cc(C(=O)O)oc13)CCCC2. The van der Waals surface area contributed by atoms with Crippen LogP contribution in [0.3, 0.4) is 0 Å². The minimum absolute atomic E-state index is 0.329. The van der Waals surface area contributed by atoms with Gasteiger partial charge in [-0.05, 0) is 48.8 Å². The molecule has 4 nitrogen and oxygen atoms in total. The zero-order valence-electron chi connectivity index (χ0n) is 12.4. The summed E-state index contributed by atoms with van der Waals surface area (Å²) in [6, 6.07) is 1.02.